The van der Waals surface area contributed by atoms with E-state index in [0.29, 0.717) is 5.82 Å². The largest absolute Gasteiger partial charge is 0.310 e. The van der Waals surface area contributed by atoms with E-state index in [0.717, 1.165) is 15.8 Å². The molecule has 0 spiro atoms. The summed E-state index contributed by atoms with van der Waals surface area (Å²) in [6.45, 7) is 1.60. The summed E-state index contributed by atoms with van der Waals surface area (Å²) in [5, 5.41) is 5.47. The van der Waals surface area contributed by atoms with Gasteiger partial charge in [0.05, 0.1) is 22.5 Å². The third-order valence-corrected chi connectivity index (χ3v) is 6.12. The Labute approximate surface area is 143 Å². The lowest BCUT2D eigenvalue weighted by Gasteiger charge is -2.06. The lowest BCUT2D eigenvalue weighted by molar-refractivity contribution is -0.115. The van der Waals surface area contributed by atoms with E-state index < -0.39 is 9.84 Å². The average Bonchev–Trinajstić information content (AvgIpc) is 3.05. The van der Waals surface area contributed by atoms with Gasteiger partial charge in [0.15, 0.2) is 9.84 Å². The minimum atomic E-state index is -3.23. The number of nitrogens with zero attached hydrogens (tertiary/aromatic N) is 2. The van der Waals surface area contributed by atoms with Crippen molar-refractivity contribution in [3.8, 4) is 0 Å². The number of hydrogen-bond donors (Lipinski definition) is 1. The maximum atomic E-state index is 12.2. The Morgan fingerprint density at radius 1 is 1.17 bits per heavy atom. The molecule has 0 atom stereocenters. The summed E-state index contributed by atoms with van der Waals surface area (Å²) in [6, 6.07) is 8.23. The molecule has 124 valence electrons. The molecule has 0 aliphatic rings. The number of carbonyl (C=O) groups excluding carboxylic acids is 1. The van der Waals surface area contributed by atoms with Gasteiger partial charge in [-0.25, -0.2) is 18.4 Å². The van der Waals surface area contributed by atoms with Crippen LogP contribution in [0.2, 0.25) is 0 Å². The van der Waals surface area contributed by atoms with Gasteiger partial charge in [-0.3, -0.25) is 4.79 Å². The topological polar surface area (TPSA) is 89.0 Å². The van der Waals surface area contributed by atoms with Crippen molar-refractivity contribution in [3.05, 3.63) is 47.6 Å². The Bertz CT molecular complexity index is 979. The van der Waals surface area contributed by atoms with Crippen LogP contribution >= 0.6 is 11.3 Å². The molecular formula is C16H15N3O3S2. The molecule has 1 aromatic carbocycles. The molecule has 0 fully saturated rings. The highest BCUT2D eigenvalue weighted by atomic mass is 32.2. The number of hydrogen-bond acceptors (Lipinski definition) is 6. The molecule has 0 bridgehead atoms. The Morgan fingerprint density at radius 3 is 2.62 bits per heavy atom. The number of rotatable bonds is 5. The summed E-state index contributed by atoms with van der Waals surface area (Å²) in [7, 11) is -3.23. The first-order valence-corrected chi connectivity index (χ1v) is 9.82. The maximum absolute atomic E-state index is 12.2. The Balaban J connectivity index is 1.72. The van der Waals surface area contributed by atoms with E-state index in [1.165, 1.54) is 29.8 Å². The second kappa shape index (κ2) is 6.66. The van der Waals surface area contributed by atoms with E-state index in [-0.39, 0.29) is 23.0 Å². The predicted molar refractivity (Wildman–Crippen MR) is 93.9 cm³/mol. The molecule has 6 nitrogen and oxygen atoms in total. The zero-order valence-corrected chi connectivity index (χ0v) is 14.5. The molecule has 2 heterocycles. The standard InChI is InChI=1S/C16H15N3O3S2/c1-2-24(21,22)12-5-3-11(4-6-12)9-14(20)19-15-13-7-8-23-16(13)18-10-17-15/h3-8,10H,2,9H2,1H3,(H,17,18,19,20). The van der Waals surface area contributed by atoms with Crippen molar-refractivity contribution in [1.29, 1.82) is 0 Å². The van der Waals surface area contributed by atoms with Gasteiger partial charge in [-0.2, -0.15) is 0 Å². The third kappa shape index (κ3) is 3.44. The van der Waals surface area contributed by atoms with Crippen LogP contribution in [0.5, 0.6) is 0 Å². The number of sulfone groups is 1. The fourth-order valence-corrected chi connectivity index (χ4v) is 3.85. The molecule has 0 radical (unpaired) electrons. The lowest BCUT2D eigenvalue weighted by atomic mass is 10.1. The quantitative estimate of drug-likeness (QED) is 0.755. The van der Waals surface area contributed by atoms with Crippen LogP contribution in [0.3, 0.4) is 0 Å². The smallest absolute Gasteiger partial charge is 0.229 e. The minimum Gasteiger partial charge on any atom is -0.310 e. The molecule has 1 amide bonds. The average molecular weight is 361 g/mol. The van der Waals surface area contributed by atoms with Gasteiger partial charge in [0.2, 0.25) is 5.91 Å². The van der Waals surface area contributed by atoms with Crippen LogP contribution in [0.1, 0.15) is 12.5 Å². The van der Waals surface area contributed by atoms with Crippen LogP contribution in [-0.4, -0.2) is 30.0 Å². The van der Waals surface area contributed by atoms with Crippen LogP contribution in [0, 0.1) is 0 Å². The molecule has 3 aromatic rings. The van der Waals surface area contributed by atoms with Gasteiger partial charge in [0.25, 0.3) is 0 Å². The number of amides is 1. The van der Waals surface area contributed by atoms with Gasteiger partial charge >= 0.3 is 0 Å². The highest BCUT2D eigenvalue weighted by molar-refractivity contribution is 7.91. The number of nitrogens with one attached hydrogen (secondary N) is 1. The van der Waals surface area contributed by atoms with E-state index >= 15 is 0 Å². The van der Waals surface area contributed by atoms with Crippen LogP contribution < -0.4 is 5.32 Å². The number of fused-ring (bicyclic) bond motifs is 1. The lowest BCUT2D eigenvalue weighted by Crippen LogP contribution is -2.15. The van der Waals surface area contributed by atoms with Crippen molar-refractivity contribution in [2.75, 3.05) is 11.1 Å². The molecule has 2 aromatic heterocycles. The van der Waals surface area contributed by atoms with Crippen molar-refractivity contribution in [3.63, 3.8) is 0 Å². The van der Waals surface area contributed by atoms with Gasteiger partial charge in [0.1, 0.15) is 17.0 Å². The predicted octanol–water partition coefficient (Wildman–Crippen LogP) is 2.67. The molecule has 0 unspecified atom stereocenters. The van der Waals surface area contributed by atoms with Crippen molar-refractivity contribution in [2.45, 2.75) is 18.2 Å². The molecule has 0 saturated carbocycles. The molecule has 0 aliphatic heterocycles. The van der Waals surface area contributed by atoms with Gasteiger partial charge in [0, 0.05) is 0 Å². The zero-order chi connectivity index (χ0) is 17.2. The number of carbonyl (C=O) groups is 1. The summed E-state index contributed by atoms with van der Waals surface area (Å²) in [4.78, 5) is 21.5. The van der Waals surface area contributed by atoms with Gasteiger partial charge in [-0.05, 0) is 29.1 Å². The van der Waals surface area contributed by atoms with Crippen molar-refractivity contribution in [2.24, 2.45) is 0 Å². The second-order valence-corrected chi connectivity index (χ2v) is 8.31. The summed E-state index contributed by atoms with van der Waals surface area (Å²) in [5.74, 6) is 0.320. The molecule has 0 aliphatic carbocycles. The first kappa shape index (κ1) is 16.5. The Morgan fingerprint density at radius 2 is 1.92 bits per heavy atom. The fraction of sp³-hybridized carbons (Fsp3) is 0.188. The molecule has 8 heteroatoms. The molecule has 0 saturated heterocycles. The molecular weight excluding hydrogens is 346 g/mol. The van der Waals surface area contributed by atoms with Gasteiger partial charge in [-0.15, -0.1) is 11.3 Å². The van der Waals surface area contributed by atoms with Crippen LogP contribution in [0.25, 0.3) is 10.2 Å². The number of anilines is 1. The Hall–Kier alpha value is -2.32. The number of benzene rings is 1. The first-order valence-electron chi connectivity index (χ1n) is 7.29. The molecule has 24 heavy (non-hydrogen) atoms. The van der Waals surface area contributed by atoms with E-state index in [1.807, 2.05) is 11.4 Å². The molecule has 1 N–H and O–H groups in total. The fourth-order valence-electron chi connectivity index (χ4n) is 2.23. The summed E-state index contributed by atoms with van der Waals surface area (Å²) < 4.78 is 23.6. The number of aromatic nitrogens is 2. The van der Waals surface area contributed by atoms with Gasteiger partial charge < -0.3 is 5.32 Å². The zero-order valence-electron chi connectivity index (χ0n) is 12.9. The maximum Gasteiger partial charge on any atom is 0.229 e. The van der Waals surface area contributed by atoms with Crippen LogP contribution in [-0.2, 0) is 21.1 Å². The highest BCUT2D eigenvalue weighted by Crippen LogP contribution is 2.23. The molecule has 3 rings (SSSR count). The minimum absolute atomic E-state index is 0.0528. The van der Waals surface area contributed by atoms with E-state index in [9.17, 15) is 13.2 Å². The second-order valence-electron chi connectivity index (χ2n) is 5.13. The SMILES string of the molecule is CCS(=O)(=O)c1ccc(CC(=O)Nc2ncnc3sccc23)cc1. The summed E-state index contributed by atoms with van der Waals surface area (Å²) >= 11 is 1.48. The van der Waals surface area contributed by atoms with Crippen LogP contribution in [0.15, 0.2) is 46.9 Å². The van der Waals surface area contributed by atoms with E-state index in [1.54, 1.807) is 19.1 Å². The normalized spacial score (nSPS) is 11.5. The monoisotopic (exact) mass is 361 g/mol. The van der Waals surface area contributed by atoms with Crippen molar-refractivity contribution in [1.82, 2.24) is 9.97 Å². The summed E-state index contributed by atoms with van der Waals surface area (Å²) in [5.41, 5.74) is 0.734. The number of thiophene rings is 1. The Kier molecular flexibility index (Phi) is 4.59. The van der Waals surface area contributed by atoms with Crippen molar-refractivity contribution >= 4 is 43.1 Å². The van der Waals surface area contributed by atoms with E-state index in [2.05, 4.69) is 15.3 Å². The van der Waals surface area contributed by atoms with Gasteiger partial charge in [-0.1, -0.05) is 19.1 Å². The van der Waals surface area contributed by atoms with E-state index in [4.69, 9.17) is 0 Å². The first-order chi connectivity index (χ1) is 11.5. The highest BCUT2D eigenvalue weighted by Gasteiger charge is 2.13. The van der Waals surface area contributed by atoms with Crippen LogP contribution in [0.4, 0.5) is 5.82 Å². The summed E-state index contributed by atoms with van der Waals surface area (Å²) in [6.07, 6.45) is 1.56. The third-order valence-electron chi connectivity index (χ3n) is 3.55. The van der Waals surface area contributed by atoms with Crippen molar-refractivity contribution < 1.29 is 13.2 Å².